The van der Waals surface area contributed by atoms with Crippen molar-refractivity contribution in [2.24, 2.45) is 0 Å². The van der Waals surface area contributed by atoms with Crippen LogP contribution in [0.4, 0.5) is 0 Å². The van der Waals surface area contributed by atoms with Crippen molar-refractivity contribution in [2.75, 3.05) is 13.7 Å². The number of thiol groups is 1. The van der Waals surface area contributed by atoms with Gasteiger partial charge in [-0.3, -0.25) is 0 Å². The number of hydrogen-bond acceptors (Lipinski definition) is 5. The van der Waals surface area contributed by atoms with Crippen molar-refractivity contribution in [3.63, 3.8) is 0 Å². The summed E-state index contributed by atoms with van der Waals surface area (Å²) < 4.78 is 6.91. The van der Waals surface area contributed by atoms with E-state index in [9.17, 15) is 0 Å². The number of methoxy groups -OCH3 is 1. The van der Waals surface area contributed by atoms with Crippen LogP contribution in [0.15, 0.2) is 6.20 Å². The fraction of sp³-hybridized carbons (Fsp3) is 0.500. The molecular formula is C8H11N3OS. The molecule has 0 fully saturated rings. The number of fused-ring (bicyclic) bond motifs is 1. The lowest BCUT2D eigenvalue weighted by Gasteiger charge is -2.22. The average molecular weight is 197 g/mol. The van der Waals surface area contributed by atoms with E-state index >= 15 is 0 Å². The van der Waals surface area contributed by atoms with Crippen molar-refractivity contribution in [2.45, 2.75) is 13.0 Å². The van der Waals surface area contributed by atoms with Gasteiger partial charge >= 0.3 is 6.01 Å². The molecule has 1 aliphatic rings. The normalized spacial score (nSPS) is 16.8. The Morgan fingerprint density at radius 1 is 1.62 bits per heavy atom. The number of hydrogen-bond donors (Lipinski definition) is 1. The Bertz CT molecular complexity index is 318. The number of rotatable bonds is 1. The first kappa shape index (κ1) is 8.77. The highest BCUT2D eigenvalue weighted by molar-refractivity contribution is 7.77. The van der Waals surface area contributed by atoms with Crippen molar-refractivity contribution in [1.29, 1.82) is 0 Å². The van der Waals surface area contributed by atoms with E-state index in [-0.39, 0.29) is 0 Å². The summed E-state index contributed by atoms with van der Waals surface area (Å²) in [6.45, 7) is 1.73. The van der Waals surface area contributed by atoms with Crippen LogP contribution in [0.1, 0.15) is 11.3 Å². The lowest BCUT2D eigenvalue weighted by Crippen LogP contribution is -2.23. The summed E-state index contributed by atoms with van der Waals surface area (Å²) >= 11 is 4.28. The highest BCUT2D eigenvalue weighted by Gasteiger charge is 2.15. The lowest BCUT2D eigenvalue weighted by atomic mass is 10.1. The van der Waals surface area contributed by atoms with Gasteiger partial charge < -0.3 is 4.74 Å². The molecule has 0 spiro atoms. The van der Waals surface area contributed by atoms with Crippen LogP contribution < -0.4 is 4.74 Å². The fourth-order valence-corrected chi connectivity index (χ4v) is 1.63. The zero-order valence-corrected chi connectivity index (χ0v) is 8.29. The maximum absolute atomic E-state index is 4.95. The molecule has 0 saturated carbocycles. The second-order valence-electron chi connectivity index (χ2n) is 2.97. The Hall–Kier alpha value is -0.810. The minimum atomic E-state index is 0.450. The lowest BCUT2D eigenvalue weighted by molar-refractivity contribution is 0.370. The molecule has 1 aromatic heterocycles. The minimum Gasteiger partial charge on any atom is -0.467 e. The Balaban J connectivity index is 2.31. The summed E-state index contributed by atoms with van der Waals surface area (Å²) in [4.78, 5) is 8.32. The van der Waals surface area contributed by atoms with Crippen molar-refractivity contribution in [3.8, 4) is 6.01 Å². The van der Waals surface area contributed by atoms with Crippen molar-refractivity contribution >= 4 is 12.8 Å². The van der Waals surface area contributed by atoms with Crippen LogP contribution in [0.2, 0.25) is 0 Å². The minimum absolute atomic E-state index is 0.450. The average Bonchev–Trinajstić information content (AvgIpc) is 2.17. The third-order valence-electron chi connectivity index (χ3n) is 2.07. The van der Waals surface area contributed by atoms with Crippen molar-refractivity contribution in [3.05, 3.63) is 17.5 Å². The number of nitrogens with zero attached hydrogens (tertiary/aromatic N) is 3. The van der Waals surface area contributed by atoms with Gasteiger partial charge in [-0.1, -0.05) is 12.8 Å². The van der Waals surface area contributed by atoms with Gasteiger partial charge in [0, 0.05) is 31.3 Å². The SMILES string of the molecule is COc1ncc2c(n1)CCN(S)C2. The molecule has 0 saturated heterocycles. The van der Waals surface area contributed by atoms with Gasteiger partial charge in [-0.15, -0.1) is 0 Å². The monoisotopic (exact) mass is 197 g/mol. The van der Waals surface area contributed by atoms with Crippen molar-refractivity contribution < 1.29 is 4.74 Å². The zero-order valence-electron chi connectivity index (χ0n) is 7.40. The summed E-state index contributed by atoms with van der Waals surface area (Å²) in [5.41, 5.74) is 2.22. The first-order valence-corrected chi connectivity index (χ1v) is 4.52. The maximum Gasteiger partial charge on any atom is 0.316 e. The molecule has 0 bridgehead atoms. The molecule has 0 unspecified atom stereocenters. The van der Waals surface area contributed by atoms with E-state index < -0.39 is 0 Å². The smallest absolute Gasteiger partial charge is 0.316 e. The molecule has 0 amide bonds. The highest BCUT2D eigenvalue weighted by atomic mass is 32.1. The largest absolute Gasteiger partial charge is 0.467 e. The van der Waals surface area contributed by atoms with E-state index in [1.807, 2.05) is 10.5 Å². The summed E-state index contributed by atoms with van der Waals surface area (Å²) in [5, 5.41) is 0. The molecule has 13 heavy (non-hydrogen) atoms. The topological polar surface area (TPSA) is 38.3 Å². The first-order valence-electron chi connectivity index (χ1n) is 4.12. The van der Waals surface area contributed by atoms with Gasteiger partial charge in [0.1, 0.15) is 0 Å². The highest BCUT2D eigenvalue weighted by Crippen LogP contribution is 2.18. The predicted octanol–water partition coefficient (Wildman–Crippen LogP) is 0.688. The number of aromatic nitrogens is 2. The number of ether oxygens (including phenoxy) is 1. The third kappa shape index (κ3) is 1.76. The van der Waals surface area contributed by atoms with E-state index in [0.29, 0.717) is 6.01 Å². The van der Waals surface area contributed by atoms with Crippen LogP contribution in [-0.2, 0) is 13.0 Å². The maximum atomic E-state index is 4.95. The summed E-state index contributed by atoms with van der Waals surface area (Å²) in [5.74, 6) is 0. The molecule has 2 heterocycles. The predicted molar refractivity (Wildman–Crippen MR) is 51.7 cm³/mol. The summed E-state index contributed by atoms with van der Waals surface area (Å²) in [6, 6.07) is 0.450. The first-order chi connectivity index (χ1) is 6.29. The zero-order chi connectivity index (χ0) is 9.26. The second kappa shape index (κ2) is 3.51. The van der Waals surface area contributed by atoms with Gasteiger partial charge in [-0.05, 0) is 0 Å². The Morgan fingerprint density at radius 2 is 2.46 bits per heavy atom. The second-order valence-corrected chi connectivity index (χ2v) is 3.53. The molecule has 2 rings (SSSR count). The summed E-state index contributed by atoms with van der Waals surface area (Å²) in [7, 11) is 1.58. The van der Waals surface area contributed by atoms with Crippen LogP contribution in [0.5, 0.6) is 6.01 Å². The van der Waals surface area contributed by atoms with Gasteiger partial charge in [-0.25, -0.2) is 9.29 Å². The molecule has 0 radical (unpaired) electrons. The Labute approximate surface area is 82.5 Å². The van der Waals surface area contributed by atoms with Gasteiger partial charge in [-0.2, -0.15) is 4.98 Å². The van der Waals surface area contributed by atoms with E-state index in [1.54, 1.807) is 7.11 Å². The fourth-order valence-electron chi connectivity index (χ4n) is 1.38. The van der Waals surface area contributed by atoms with Crippen LogP contribution in [-0.4, -0.2) is 27.9 Å². The van der Waals surface area contributed by atoms with Gasteiger partial charge in [0.2, 0.25) is 0 Å². The molecule has 1 aliphatic heterocycles. The molecule has 4 nitrogen and oxygen atoms in total. The van der Waals surface area contributed by atoms with Crippen LogP contribution in [0.25, 0.3) is 0 Å². The Morgan fingerprint density at radius 3 is 3.23 bits per heavy atom. The quantitative estimate of drug-likeness (QED) is 0.672. The molecular weight excluding hydrogens is 186 g/mol. The third-order valence-corrected chi connectivity index (χ3v) is 2.42. The summed E-state index contributed by atoms with van der Waals surface area (Å²) in [6.07, 6.45) is 2.72. The van der Waals surface area contributed by atoms with Gasteiger partial charge in [0.25, 0.3) is 0 Å². The Kier molecular flexibility index (Phi) is 2.37. The molecule has 0 N–H and O–H groups in total. The van der Waals surface area contributed by atoms with E-state index in [2.05, 4.69) is 22.8 Å². The van der Waals surface area contributed by atoms with Gasteiger partial charge in [0.15, 0.2) is 0 Å². The standard InChI is InChI=1S/C8H11N3OS/c1-12-8-9-4-6-5-11(13)3-2-7(6)10-8/h4,13H,2-3,5H2,1H3. The van der Waals surface area contributed by atoms with Gasteiger partial charge in [0.05, 0.1) is 12.8 Å². The molecule has 1 aromatic rings. The van der Waals surface area contributed by atoms with E-state index in [4.69, 9.17) is 4.74 Å². The molecule has 0 atom stereocenters. The van der Waals surface area contributed by atoms with Crippen LogP contribution in [0.3, 0.4) is 0 Å². The molecule has 0 aliphatic carbocycles. The van der Waals surface area contributed by atoms with Crippen LogP contribution in [0, 0.1) is 0 Å². The molecule has 70 valence electrons. The van der Waals surface area contributed by atoms with E-state index in [1.165, 1.54) is 0 Å². The molecule has 0 aromatic carbocycles. The van der Waals surface area contributed by atoms with E-state index in [0.717, 1.165) is 30.8 Å². The van der Waals surface area contributed by atoms with Crippen LogP contribution >= 0.6 is 12.8 Å². The molecule has 5 heteroatoms. The van der Waals surface area contributed by atoms with Crippen molar-refractivity contribution in [1.82, 2.24) is 14.3 Å².